The van der Waals surface area contributed by atoms with Gasteiger partial charge < -0.3 is 14.4 Å². The summed E-state index contributed by atoms with van der Waals surface area (Å²) >= 11 is 0. The van der Waals surface area contributed by atoms with Crippen LogP contribution in [0.5, 0.6) is 11.5 Å². The number of aromatic nitrogens is 2. The molecule has 0 radical (unpaired) electrons. The zero-order valence-corrected chi connectivity index (χ0v) is 15.7. The second-order valence-electron chi connectivity index (χ2n) is 6.58. The molecule has 0 atom stereocenters. The van der Waals surface area contributed by atoms with Crippen molar-refractivity contribution in [2.75, 3.05) is 20.8 Å². The van der Waals surface area contributed by atoms with Crippen LogP contribution in [0.25, 0.3) is 0 Å². The summed E-state index contributed by atoms with van der Waals surface area (Å²) in [4.78, 5) is 14.3. The molecule has 1 amide bonds. The Morgan fingerprint density at radius 2 is 2.08 bits per heavy atom. The molecular formula is C19H27N3O3. The topological polar surface area (TPSA) is 56.6 Å². The molecule has 0 bridgehead atoms. The van der Waals surface area contributed by atoms with E-state index < -0.39 is 0 Å². The first-order chi connectivity index (χ1) is 11.9. The summed E-state index contributed by atoms with van der Waals surface area (Å²) in [6.07, 6.45) is 4.63. The maximum absolute atomic E-state index is 12.6. The van der Waals surface area contributed by atoms with E-state index in [0.717, 1.165) is 12.0 Å². The van der Waals surface area contributed by atoms with Crippen molar-refractivity contribution in [1.82, 2.24) is 14.7 Å². The number of methoxy groups -OCH3 is 1. The molecule has 6 heteroatoms. The van der Waals surface area contributed by atoms with Gasteiger partial charge in [0.15, 0.2) is 11.5 Å². The van der Waals surface area contributed by atoms with Gasteiger partial charge in [-0.25, -0.2) is 0 Å². The summed E-state index contributed by atoms with van der Waals surface area (Å²) in [6, 6.07) is 5.30. The van der Waals surface area contributed by atoms with E-state index in [9.17, 15) is 4.79 Å². The van der Waals surface area contributed by atoms with Crippen LogP contribution in [0.1, 0.15) is 36.2 Å². The van der Waals surface area contributed by atoms with Crippen molar-refractivity contribution in [3.8, 4) is 11.5 Å². The quantitative estimate of drug-likeness (QED) is 0.737. The van der Waals surface area contributed by atoms with Crippen LogP contribution < -0.4 is 9.47 Å². The molecule has 0 aliphatic rings. The van der Waals surface area contributed by atoms with Crippen LogP contribution in [-0.2, 0) is 13.6 Å². The minimum Gasteiger partial charge on any atom is -0.493 e. The van der Waals surface area contributed by atoms with Gasteiger partial charge in [0, 0.05) is 38.0 Å². The Morgan fingerprint density at radius 3 is 2.68 bits per heavy atom. The van der Waals surface area contributed by atoms with Gasteiger partial charge >= 0.3 is 0 Å². The molecule has 2 rings (SSSR count). The smallest absolute Gasteiger partial charge is 0.254 e. The Hall–Kier alpha value is -2.50. The number of benzene rings is 1. The Bertz CT molecular complexity index is 710. The molecule has 1 aromatic heterocycles. The number of nitrogens with zero attached hydrogens (tertiary/aromatic N) is 3. The van der Waals surface area contributed by atoms with Crippen molar-refractivity contribution in [2.45, 2.75) is 26.8 Å². The third kappa shape index (κ3) is 5.24. The fourth-order valence-corrected chi connectivity index (χ4v) is 2.44. The molecule has 1 heterocycles. The lowest BCUT2D eigenvalue weighted by Crippen LogP contribution is -2.26. The van der Waals surface area contributed by atoms with Crippen LogP contribution in [-0.4, -0.2) is 41.4 Å². The fourth-order valence-electron chi connectivity index (χ4n) is 2.44. The van der Waals surface area contributed by atoms with E-state index >= 15 is 0 Å². The lowest BCUT2D eigenvalue weighted by atomic mass is 10.1. The molecule has 0 N–H and O–H groups in total. The van der Waals surface area contributed by atoms with Gasteiger partial charge in [0.25, 0.3) is 5.91 Å². The summed E-state index contributed by atoms with van der Waals surface area (Å²) < 4.78 is 12.9. The molecule has 0 unspecified atom stereocenters. The number of hydrogen-bond donors (Lipinski definition) is 0. The predicted octanol–water partition coefficient (Wildman–Crippen LogP) is 3.13. The Morgan fingerprint density at radius 1 is 1.32 bits per heavy atom. The molecule has 0 fully saturated rings. The van der Waals surface area contributed by atoms with Crippen molar-refractivity contribution in [3.05, 3.63) is 41.7 Å². The monoisotopic (exact) mass is 345 g/mol. The second-order valence-corrected chi connectivity index (χ2v) is 6.58. The van der Waals surface area contributed by atoms with Gasteiger partial charge in [-0.3, -0.25) is 9.48 Å². The SMILES string of the molecule is COc1cc(C(=O)N(C)Cc2cnn(C)c2)ccc1OCCC(C)C. The summed E-state index contributed by atoms with van der Waals surface area (Å²) in [5.41, 5.74) is 1.55. The molecule has 0 aliphatic heterocycles. The standard InChI is InChI=1S/C19H27N3O3/c1-14(2)8-9-25-17-7-6-16(10-18(17)24-5)19(23)21(3)12-15-11-20-22(4)13-15/h6-7,10-11,13-14H,8-9,12H2,1-5H3. The van der Waals surface area contributed by atoms with Gasteiger partial charge in [-0.1, -0.05) is 13.8 Å². The second kappa shape index (κ2) is 8.55. The predicted molar refractivity (Wildman–Crippen MR) is 96.9 cm³/mol. The Kier molecular flexibility index (Phi) is 6.44. The van der Waals surface area contributed by atoms with Crippen molar-refractivity contribution in [3.63, 3.8) is 0 Å². The van der Waals surface area contributed by atoms with E-state index in [1.54, 1.807) is 48.1 Å². The van der Waals surface area contributed by atoms with Gasteiger partial charge in [-0.15, -0.1) is 0 Å². The number of carbonyl (C=O) groups excluding carboxylic acids is 1. The molecule has 136 valence electrons. The van der Waals surface area contributed by atoms with Gasteiger partial charge in [-0.2, -0.15) is 5.10 Å². The number of aryl methyl sites for hydroxylation is 1. The Balaban J connectivity index is 2.06. The van der Waals surface area contributed by atoms with Crippen LogP contribution in [0.3, 0.4) is 0 Å². The molecule has 0 spiro atoms. The van der Waals surface area contributed by atoms with E-state index in [1.165, 1.54) is 0 Å². The Labute approximate surface area is 149 Å². The molecule has 0 aliphatic carbocycles. The number of rotatable bonds is 8. The van der Waals surface area contributed by atoms with Crippen molar-refractivity contribution < 1.29 is 14.3 Å². The summed E-state index contributed by atoms with van der Waals surface area (Å²) in [6.45, 7) is 5.44. The maximum atomic E-state index is 12.6. The first-order valence-electron chi connectivity index (χ1n) is 8.44. The zero-order chi connectivity index (χ0) is 18.4. The van der Waals surface area contributed by atoms with Crippen LogP contribution in [0.4, 0.5) is 0 Å². The highest BCUT2D eigenvalue weighted by molar-refractivity contribution is 5.94. The van der Waals surface area contributed by atoms with Gasteiger partial charge in [-0.05, 0) is 30.5 Å². The lowest BCUT2D eigenvalue weighted by Gasteiger charge is -2.18. The lowest BCUT2D eigenvalue weighted by molar-refractivity contribution is 0.0784. The number of amides is 1. The number of carbonyl (C=O) groups is 1. The highest BCUT2D eigenvalue weighted by Crippen LogP contribution is 2.29. The molecule has 2 aromatic rings. The van der Waals surface area contributed by atoms with E-state index in [0.29, 0.717) is 36.1 Å². The molecule has 6 nitrogen and oxygen atoms in total. The molecule has 0 saturated carbocycles. The van der Waals surface area contributed by atoms with Gasteiger partial charge in [0.2, 0.25) is 0 Å². The normalized spacial score (nSPS) is 10.8. The van der Waals surface area contributed by atoms with E-state index in [1.807, 2.05) is 13.2 Å². The van der Waals surface area contributed by atoms with Crippen molar-refractivity contribution >= 4 is 5.91 Å². The van der Waals surface area contributed by atoms with E-state index in [2.05, 4.69) is 18.9 Å². The van der Waals surface area contributed by atoms with Crippen LogP contribution in [0.15, 0.2) is 30.6 Å². The average molecular weight is 345 g/mol. The summed E-state index contributed by atoms with van der Waals surface area (Å²) in [5.74, 6) is 1.74. The largest absolute Gasteiger partial charge is 0.493 e. The van der Waals surface area contributed by atoms with E-state index in [4.69, 9.17) is 9.47 Å². The van der Waals surface area contributed by atoms with Gasteiger partial charge in [0.1, 0.15) is 0 Å². The third-order valence-corrected chi connectivity index (χ3v) is 3.89. The van der Waals surface area contributed by atoms with Crippen molar-refractivity contribution in [1.29, 1.82) is 0 Å². The van der Waals surface area contributed by atoms with Crippen LogP contribution >= 0.6 is 0 Å². The van der Waals surface area contributed by atoms with Gasteiger partial charge in [0.05, 0.1) is 19.9 Å². The highest BCUT2D eigenvalue weighted by atomic mass is 16.5. The minimum absolute atomic E-state index is 0.0733. The third-order valence-electron chi connectivity index (χ3n) is 3.89. The van der Waals surface area contributed by atoms with Crippen LogP contribution in [0.2, 0.25) is 0 Å². The molecule has 25 heavy (non-hydrogen) atoms. The fraction of sp³-hybridized carbons (Fsp3) is 0.474. The molecule has 1 aromatic carbocycles. The highest BCUT2D eigenvalue weighted by Gasteiger charge is 2.16. The summed E-state index contributed by atoms with van der Waals surface area (Å²) in [7, 11) is 5.21. The first kappa shape index (κ1) is 18.8. The number of hydrogen-bond acceptors (Lipinski definition) is 4. The zero-order valence-electron chi connectivity index (χ0n) is 15.7. The van der Waals surface area contributed by atoms with E-state index in [-0.39, 0.29) is 5.91 Å². The average Bonchev–Trinajstić information content (AvgIpc) is 2.98. The molecular weight excluding hydrogens is 318 g/mol. The number of ether oxygens (including phenoxy) is 2. The maximum Gasteiger partial charge on any atom is 0.254 e. The first-order valence-corrected chi connectivity index (χ1v) is 8.44. The minimum atomic E-state index is -0.0733. The van der Waals surface area contributed by atoms with Crippen molar-refractivity contribution in [2.24, 2.45) is 13.0 Å². The van der Waals surface area contributed by atoms with Crippen LogP contribution in [0, 0.1) is 5.92 Å². The summed E-state index contributed by atoms with van der Waals surface area (Å²) in [5, 5.41) is 4.12. The molecule has 0 saturated heterocycles.